The van der Waals surface area contributed by atoms with Crippen LogP contribution in [0, 0.1) is 17.8 Å². The number of rotatable bonds is 10. The maximum absolute atomic E-state index is 15.4. The lowest BCUT2D eigenvalue weighted by Gasteiger charge is -2.52. The van der Waals surface area contributed by atoms with Crippen LogP contribution in [-0.4, -0.2) is 65.9 Å². The Hall–Kier alpha value is -5.85. The van der Waals surface area contributed by atoms with Crippen LogP contribution in [0.2, 0.25) is 0 Å². The number of allylic oxidation sites excluding steroid dienone is 2. The summed E-state index contributed by atoms with van der Waals surface area (Å²) in [6.07, 6.45) is 10.0. The second-order valence-corrected chi connectivity index (χ2v) is 21.2. The van der Waals surface area contributed by atoms with Crippen LogP contribution in [0.3, 0.4) is 0 Å². The lowest BCUT2D eigenvalue weighted by atomic mass is 9.65. The van der Waals surface area contributed by atoms with Gasteiger partial charge in [-0.1, -0.05) is 104 Å². The summed E-state index contributed by atoms with van der Waals surface area (Å²) >= 11 is 0. The quantitative estimate of drug-likeness (QED) is 0.0529. The lowest BCUT2D eigenvalue weighted by Crippen LogP contribution is -2.60. The molecular formula is C61H68O11. The van der Waals surface area contributed by atoms with Gasteiger partial charge in [-0.15, -0.1) is 0 Å². The molecule has 5 aromatic rings. The average molecular weight is 977 g/mol. The highest BCUT2D eigenvalue weighted by molar-refractivity contribution is 5.90. The molecule has 10 rings (SSSR count). The Balaban J connectivity index is 1.16. The average Bonchev–Trinajstić information content (AvgIpc) is 3.39. The first kappa shape index (κ1) is 49.7. The van der Waals surface area contributed by atoms with Crippen LogP contribution in [0.15, 0.2) is 117 Å². The van der Waals surface area contributed by atoms with E-state index in [1.54, 1.807) is 19.1 Å². The van der Waals surface area contributed by atoms with E-state index in [0.29, 0.717) is 47.1 Å². The van der Waals surface area contributed by atoms with Crippen molar-refractivity contribution in [2.24, 2.45) is 17.8 Å². The van der Waals surface area contributed by atoms with E-state index >= 15 is 9.59 Å². The molecule has 0 amide bonds. The largest absolute Gasteiger partial charge is 0.483 e. The van der Waals surface area contributed by atoms with Gasteiger partial charge in [-0.05, 0) is 134 Å². The zero-order valence-electron chi connectivity index (χ0n) is 41.8. The van der Waals surface area contributed by atoms with Crippen molar-refractivity contribution in [1.82, 2.24) is 0 Å². The first-order chi connectivity index (χ1) is 35.0. The van der Waals surface area contributed by atoms with Crippen LogP contribution in [-0.2, 0) is 49.7 Å². The van der Waals surface area contributed by atoms with E-state index in [2.05, 4.69) is 78.9 Å². The first-order valence-corrected chi connectivity index (χ1v) is 26.2. The molecule has 4 aromatic carbocycles. The third-order valence-corrected chi connectivity index (χ3v) is 16.9. The van der Waals surface area contributed by atoms with Crippen molar-refractivity contribution in [1.29, 1.82) is 0 Å². The van der Waals surface area contributed by atoms with Gasteiger partial charge >= 0.3 is 17.6 Å². The monoisotopic (exact) mass is 976 g/mol. The second-order valence-electron chi connectivity index (χ2n) is 21.2. The van der Waals surface area contributed by atoms with Gasteiger partial charge in [-0.25, -0.2) is 9.59 Å². The summed E-state index contributed by atoms with van der Waals surface area (Å²) in [5, 5.41) is 32.1. The summed E-state index contributed by atoms with van der Waals surface area (Å²) in [5.41, 5.74) is 6.80. The van der Waals surface area contributed by atoms with Crippen molar-refractivity contribution in [3.63, 3.8) is 0 Å². The van der Waals surface area contributed by atoms with Crippen LogP contribution in [0.1, 0.15) is 146 Å². The minimum atomic E-state index is -1.31. The third kappa shape index (κ3) is 9.61. The van der Waals surface area contributed by atoms with E-state index < -0.39 is 47.9 Å². The molecule has 11 heteroatoms. The van der Waals surface area contributed by atoms with Gasteiger partial charge < -0.3 is 38.7 Å². The van der Waals surface area contributed by atoms with Gasteiger partial charge in [0.1, 0.15) is 11.3 Å². The molecule has 1 aromatic heterocycles. The Kier molecular flexibility index (Phi) is 14.7. The topological polar surface area (TPSA) is 162 Å². The minimum absolute atomic E-state index is 0.0298. The zero-order valence-corrected chi connectivity index (χ0v) is 41.8. The van der Waals surface area contributed by atoms with E-state index in [1.165, 1.54) is 29.4 Å². The summed E-state index contributed by atoms with van der Waals surface area (Å²) in [6, 6.07) is 29.5. The smallest absolute Gasteiger partial charge is 0.340 e. The Bertz CT molecular complexity index is 2930. The predicted octanol–water partition coefficient (Wildman–Crippen LogP) is 10.2. The van der Waals surface area contributed by atoms with Gasteiger partial charge in [0.05, 0.1) is 25.4 Å². The molecule has 11 nitrogen and oxygen atoms in total. The highest BCUT2D eigenvalue weighted by atomic mass is 16.6. The number of ether oxygens (including phenoxy) is 4. The highest BCUT2D eigenvalue weighted by Crippen LogP contribution is 2.55. The molecule has 9 atom stereocenters. The summed E-state index contributed by atoms with van der Waals surface area (Å²) < 4.78 is 32.9. The Morgan fingerprint density at radius 1 is 0.819 bits per heavy atom. The Labute approximate surface area is 421 Å². The molecule has 0 radical (unpaired) electrons. The number of aliphatic hydroxyl groups is 3. The SMILES string of the molecule is COC[C@@H](CCO)c1c(CO)c2ccc3c(c2oc1=O)[C@H]1OC(=O)C[C@@H]2C[C@H](c4cccc(Cc5ccccc5)c4)C=C[C@H]2c2ccc4c(c2)CC[C@H]2CCCC[C@H]2[C@](C)(O3)[C@H]1OC(=O)/C(=C(/C)CO)CC4. The van der Waals surface area contributed by atoms with Crippen molar-refractivity contribution in [3.8, 4) is 5.75 Å². The van der Waals surface area contributed by atoms with Crippen LogP contribution in [0.5, 0.6) is 5.75 Å². The molecular weight excluding hydrogens is 909 g/mol. The number of esters is 2. The van der Waals surface area contributed by atoms with Crippen molar-refractivity contribution in [3.05, 3.63) is 169 Å². The maximum Gasteiger partial charge on any atom is 0.340 e. The summed E-state index contributed by atoms with van der Waals surface area (Å²) in [5.74, 6) is -1.63. The number of hydrogen-bond donors (Lipinski definition) is 3. The second kappa shape index (κ2) is 21.3. The molecule has 5 bridgehead atoms. The number of carbonyl (C=O) groups is 2. The fourth-order valence-electron chi connectivity index (χ4n) is 13.3. The third-order valence-electron chi connectivity index (χ3n) is 16.9. The van der Waals surface area contributed by atoms with Crippen molar-refractivity contribution >= 4 is 22.9 Å². The van der Waals surface area contributed by atoms with Crippen LogP contribution < -0.4 is 10.4 Å². The van der Waals surface area contributed by atoms with Gasteiger partial charge in [0.25, 0.3) is 0 Å². The molecule has 1 saturated carbocycles. The molecule has 3 N–H and O–H groups in total. The summed E-state index contributed by atoms with van der Waals surface area (Å²) in [6.45, 7) is 2.72. The molecule has 3 aliphatic heterocycles. The Morgan fingerprint density at radius 3 is 2.43 bits per heavy atom. The summed E-state index contributed by atoms with van der Waals surface area (Å²) in [7, 11) is 1.51. The normalized spacial score (nSPS) is 27.3. The molecule has 1 fully saturated rings. The number of methoxy groups -OCH3 is 1. The van der Waals surface area contributed by atoms with Crippen LogP contribution in [0.4, 0.5) is 0 Å². The number of benzene rings is 4. The molecule has 0 spiro atoms. The standard InChI is InChI=1S/C61H68O11/c1-36(33-63)47-22-20-39-16-19-44-30-42(39)18-17-40-13-7-8-15-51(40)61(2)58(71-59(47)66)57(55-52(72-61)25-24-49-50(34-64)54(60(67)70-56(49)55)45(26-27-62)35-68-3)69-53(65)32-46-31-43(21-23-48(44)46)41-14-9-12-38(29-41)28-37-10-5-4-6-11-37/h4-6,9-12,14,16,19,21,23-25,29-30,40,43,45-46,48,51,57-58,62-64H,7-8,13,15,17-18,20,22,26-28,31-35H2,1-3H3/b47-36-/t40-,43-,45-,46+,48+,51-,57-,58+,61+/m1/s1. The van der Waals surface area contributed by atoms with Gasteiger partial charge in [-0.2, -0.15) is 0 Å². The highest BCUT2D eigenvalue weighted by Gasteiger charge is 2.58. The molecule has 72 heavy (non-hydrogen) atoms. The number of hydrogen-bond acceptors (Lipinski definition) is 11. The first-order valence-electron chi connectivity index (χ1n) is 26.2. The number of carbonyl (C=O) groups excluding carboxylic acids is 2. The zero-order chi connectivity index (χ0) is 50.1. The molecule has 2 aliphatic carbocycles. The number of fused-ring (bicyclic) bond motifs is 8. The molecule has 378 valence electrons. The van der Waals surface area contributed by atoms with Crippen molar-refractivity contribution in [2.45, 2.75) is 133 Å². The van der Waals surface area contributed by atoms with E-state index in [-0.39, 0.29) is 79.0 Å². The fraction of sp³-hybridized carbons (Fsp3) is 0.459. The molecule has 0 saturated heterocycles. The molecule has 4 heterocycles. The molecule has 0 unspecified atom stereocenters. The van der Waals surface area contributed by atoms with E-state index in [9.17, 15) is 20.1 Å². The maximum atomic E-state index is 15.4. The van der Waals surface area contributed by atoms with Gasteiger partial charge in [0.2, 0.25) is 0 Å². The van der Waals surface area contributed by atoms with Gasteiger partial charge in [0.15, 0.2) is 17.8 Å². The number of aryl methyl sites for hydroxylation is 2. The fourth-order valence-corrected chi connectivity index (χ4v) is 13.3. The van der Waals surface area contributed by atoms with Gasteiger partial charge in [0, 0.05) is 60.3 Å². The summed E-state index contributed by atoms with van der Waals surface area (Å²) in [4.78, 5) is 44.8. The van der Waals surface area contributed by atoms with E-state index in [4.69, 9.17) is 23.4 Å². The minimum Gasteiger partial charge on any atom is -0.483 e. The predicted molar refractivity (Wildman–Crippen MR) is 274 cm³/mol. The van der Waals surface area contributed by atoms with E-state index in [0.717, 1.165) is 56.1 Å². The van der Waals surface area contributed by atoms with Crippen molar-refractivity contribution in [2.75, 3.05) is 26.9 Å². The van der Waals surface area contributed by atoms with Crippen LogP contribution in [0.25, 0.3) is 11.0 Å². The van der Waals surface area contributed by atoms with Crippen LogP contribution >= 0.6 is 0 Å². The van der Waals surface area contributed by atoms with Gasteiger partial charge in [-0.3, -0.25) is 4.79 Å². The molecule has 5 aliphatic rings. The number of aliphatic hydroxyl groups excluding tert-OH is 3. The van der Waals surface area contributed by atoms with Crippen molar-refractivity contribution < 1.29 is 48.3 Å². The lowest BCUT2D eigenvalue weighted by molar-refractivity contribution is -0.205. The van der Waals surface area contributed by atoms with E-state index in [1.807, 2.05) is 13.0 Å². The Morgan fingerprint density at radius 2 is 1.64 bits per heavy atom.